The van der Waals surface area contributed by atoms with Crippen molar-refractivity contribution < 1.29 is 9.90 Å². The minimum absolute atomic E-state index is 0.0357. The predicted octanol–water partition coefficient (Wildman–Crippen LogP) is 1.38. The van der Waals surface area contributed by atoms with E-state index in [1.54, 1.807) is 17.0 Å². The van der Waals surface area contributed by atoms with Gasteiger partial charge in [-0.25, -0.2) is 4.98 Å². The Morgan fingerprint density at radius 3 is 2.76 bits per heavy atom. The van der Waals surface area contributed by atoms with Crippen LogP contribution in [0, 0.1) is 6.92 Å². The molecule has 1 amide bonds. The van der Waals surface area contributed by atoms with E-state index < -0.39 is 6.10 Å². The zero-order valence-corrected chi connectivity index (χ0v) is 11.9. The van der Waals surface area contributed by atoms with Gasteiger partial charge in [0.15, 0.2) is 5.82 Å². The lowest BCUT2D eigenvalue weighted by atomic mass is 10.1. The molecule has 0 saturated carbocycles. The normalized spacial score (nSPS) is 18.8. The molecule has 1 aromatic heterocycles. The standard InChI is InChI=1S/C15H18N4O2/c1-10-16-14(18-17-10)11-4-6-12(7-5-11)15(21)19-8-2-3-13(20)9-19/h4-7,13,20H,2-3,8-9H2,1H3,(H,16,17,18). The quantitative estimate of drug-likeness (QED) is 0.873. The van der Waals surface area contributed by atoms with Crippen LogP contribution in [0.4, 0.5) is 0 Å². The van der Waals surface area contributed by atoms with Crippen LogP contribution in [-0.4, -0.2) is 50.3 Å². The molecule has 1 aliphatic rings. The summed E-state index contributed by atoms with van der Waals surface area (Å²) in [6.07, 6.45) is 1.21. The molecule has 21 heavy (non-hydrogen) atoms. The van der Waals surface area contributed by atoms with Gasteiger partial charge in [-0.2, -0.15) is 5.10 Å². The molecule has 1 unspecified atom stereocenters. The van der Waals surface area contributed by atoms with E-state index in [4.69, 9.17) is 0 Å². The van der Waals surface area contributed by atoms with Gasteiger partial charge in [0.2, 0.25) is 0 Å². The van der Waals surface area contributed by atoms with Gasteiger partial charge in [0.1, 0.15) is 5.82 Å². The summed E-state index contributed by atoms with van der Waals surface area (Å²) in [4.78, 5) is 18.3. The Morgan fingerprint density at radius 1 is 1.38 bits per heavy atom. The van der Waals surface area contributed by atoms with Crippen LogP contribution in [0.3, 0.4) is 0 Å². The Morgan fingerprint density at radius 2 is 2.14 bits per heavy atom. The number of aliphatic hydroxyl groups is 1. The van der Waals surface area contributed by atoms with E-state index in [0.717, 1.165) is 24.2 Å². The largest absolute Gasteiger partial charge is 0.391 e. The van der Waals surface area contributed by atoms with Crippen molar-refractivity contribution in [2.24, 2.45) is 0 Å². The second-order valence-corrected chi connectivity index (χ2v) is 5.37. The van der Waals surface area contributed by atoms with E-state index in [0.29, 0.717) is 24.5 Å². The highest BCUT2D eigenvalue weighted by Gasteiger charge is 2.23. The Bertz CT molecular complexity index is 635. The number of piperidine rings is 1. The molecule has 0 spiro atoms. The fourth-order valence-corrected chi connectivity index (χ4v) is 2.56. The number of nitrogens with one attached hydrogen (secondary N) is 1. The van der Waals surface area contributed by atoms with Crippen molar-refractivity contribution in [1.29, 1.82) is 0 Å². The molecule has 2 N–H and O–H groups in total. The zero-order chi connectivity index (χ0) is 14.8. The number of aromatic nitrogens is 3. The topological polar surface area (TPSA) is 82.1 Å². The molecule has 0 aliphatic carbocycles. The third-order valence-corrected chi connectivity index (χ3v) is 3.67. The van der Waals surface area contributed by atoms with E-state index in [2.05, 4.69) is 15.2 Å². The van der Waals surface area contributed by atoms with Gasteiger partial charge in [-0.1, -0.05) is 12.1 Å². The summed E-state index contributed by atoms with van der Waals surface area (Å²) in [6.45, 7) is 2.97. The number of nitrogens with zero attached hydrogens (tertiary/aromatic N) is 3. The van der Waals surface area contributed by atoms with Crippen LogP contribution >= 0.6 is 0 Å². The fraction of sp³-hybridized carbons (Fsp3) is 0.400. The smallest absolute Gasteiger partial charge is 0.253 e. The van der Waals surface area contributed by atoms with Crippen LogP contribution in [-0.2, 0) is 0 Å². The molecule has 2 heterocycles. The molecule has 3 rings (SSSR count). The minimum Gasteiger partial charge on any atom is -0.391 e. The first-order valence-electron chi connectivity index (χ1n) is 7.10. The van der Waals surface area contributed by atoms with Gasteiger partial charge in [0.25, 0.3) is 5.91 Å². The second-order valence-electron chi connectivity index (χ2n) is 5.37. The van der Waals surface area contributed by atoms with E-state index in [1.165, 1.54) is 0 Å². The fourth-order valence-electron chi connectivity index (χ4n) is 2.56. The van der Waals surface area contributed by atoms with Crippen molar-refractivity contribution in [3.05, 3.63) is 35.7 Å². The molecule has 1 atom stereocenters. The highest BCUT2D eigenvalue weighted by molar-refractivity contribution is 5.94. The van der Waals surface area contributed by atoms with Gasteiger partial charge in [-0.05, 0) is 31.9 Å². The van der Waals surface area contributed by atoms with Crippen molar-refractivity contribution in [3.63, 3.8) is 0 Å². The third-order valence-electron chi connectivity index (χ3n) is 3.67. The number of hydrogen-bond donors (Lipinski definition) is 2. The number of likely N-dealkylation sites (tertiary alicyclic amines) is 1. The molecule has 1 aliphatic heterocycles. The molecular formula is C15H18N4O2. The number of β-amino-alcohol motifs (C(OH)–C–C–N with tert-alkyl or cyclic N) is 1. The highest BCUT2D eigenvalue weighted by atomic mass is 16.3. The third kappa shape index (κ3) is 2.95. The number of H-pyrrole nitrogens is 1. The van der Waals surface area contributed by atoms with Gasteiger partial charge < -0.3 is 10.0 Å². The van der Waals surface area contributed by atoms with Crippen LogP contribution in [0.1, 0.15) is 29.0 Å². The number of carbonyl (C=O) groups is 1. The first-order chi connectivity index (χ1) is 10.1. The minimum atomic E-state index is -0.404. The van der Waals surface area contributed by atoms with Crippen LogP contribution in [0.2, 0.25) is 0 Å². The Balaban J connectivity index is 1.76. The Labute approximate surface area is 122 Å². The Kier molecular flexibility index (Phi) is 3.70. The van der Waals surface area contributed by atoms with E-state index in [9.17, 15) is 9.90 Å². The number of hydrogen-bond acceptors (Lipinski definition) is 4. The molecule has 110 valence electrons. The number of amides is 1. The summed E-state index contributed by atoms with van der Waals surface area (Å²) in [7, 11) is 0. The van der Waals surface area contributed by atoms with Gasteiger partial charge >= 0.3 is 0 Å². The molecule has 0 radical (unpaired) electrons. The van der Waals surface area contributed by atoms with Crippen molar-refractivity contribution in [1.82, 2.24) is 20.1 Å². The average molecular weight is 286 g/mol. The Hall–Kier alpha value is -2.21. The summed E-state index contributed by atoms with van der Waals surface area (Å²) in [6, 6.07) is 7.25. The second kappa shape index (κ2) is 5.65. The van der Waals surface area contributed by atoms with E-state index in [1.807, 2.05) is 19.1 Å². The first-order valence-corrected chi connectivity index (χ1v) is 7.10. The monoisotopic (exact) mass is 286 g/mol. The van der Waals surface area contributed by atoms with Gasteiger partial charge in [-0.15, -0.1) is 0 Å². The predicted molar refractivity (Wildman–Crippen MR) is 77.7 cm³/mol. The van der Waals surface area contributed by atoms with Crippen LogP contribution < -0.4 is 0 Å². The summed E-state index contributed by atoms with van der Waals surface area (Å²) in [5, 5.41) is 16.5. The number of rotatable bonds is 2. The molecular weight excluding hydrogens is 268 g/mol. The molecule has 6 nitrogen and oxygen atoms in total. The maximum atomic E-state index is 12.4. The molecule has 2 aromatic rings. The lowest BCUT2D eigenvalue weighted by Gasteiger charge is -2.30. The zero-order valence-electron chi connectivity index (χ0n) is 11.9. The SMILES string of the molecule is Cc1nc(-c2ccc(C(=O)N3CCCC(O)C3)cc2)n[nH]1. The van der Waals surface area contributed by atoms with E-state index in [-0.39, 0.29) is 5.91 Å². The summed E-state index contributed by atoms with van der Waals surface area (Å²) < 4.78 is 0. The summed E-state index contributed by atoms with van der Waals surface area (Å²) in [5.74, 6) is 1.35. The number of carbonyl (C=O) groups excluding carboxylic acids is 1. The van der Waals surface area contributed by atoms with Crippen molar-refractivity contribution >= 4 is 5.91 Å². The molecule has 1 aromatic carbocycles. The summed E-state index contributed by atoms with van der Waals surface area (Å²) in [5.41, 5.74) is 1.50. The average Bonchev–Trinajstić information content (AvgIpc) is 2.93. The molecule has 6 heteroatoms. The number of aliphatic hydroxyl groups excluding tert-OH is 1. The van der Waals surface area contributed by atoms with Crippen LogP contribution in [0.15, 0.2) is 24.3 Å². The molecule has 0 bridgehead atoms. The van der Waals surface area contributed by atoms with Crippen molar-refractivity contribution in [2.45, 2.75) is 25.9 Å². The van der Waals surface area contributed by atoms with Crippen molar-refractivity contribution in [3.8, 4) is 11.4 Å². The summed E-state index contributed by atoms with van der Waals surface area (Å²) >= 11 is 0. The van der Waals surface area contributed by atoms with E-state index >= 15 is 0 Å². The van der Waals surface area contributed by atoms with Crippen LogP contribution in [0.5, 0.6) is 0 Å². The number of aromatic amines is 1. The molecule has 1 saturated heterocycles. The number of benzene rings is 1. The van der Waals surface area contributed by atoms with Crippen LogP contribution in [0.25, 0.3) is 11.4 Å². The van der Waals surface area contributed by atoms with Gasteiger partial charge in [0.05, 0.1) is 6.10 Å². The molecule has 1 fully saturated rings. The van der Waals surface area contributed by atoms with Crippen molar-refractivity contribution in [2.75, 3.05) is 13.1 Å². The maximum Gasteiger partial charge on any atom is 0.253 e. The highest BCUT2D eigenvalue weighted by Crippen LogP contribution is 2.18. The maximum absolute atomic E-state index is 12.4. The lowest BCUT2D eigenvalue weighted by Crippen LogP contribution is -2.42. The number of aryl methyl sites for hydroxylation is 1. The van der Waals surface area contributed by atoms with Gasteiger partial charge in [-0.3, -0.25) is 9.89 Å². The first kappa shape index (κ1) is 13.8. The van der Waals surface area contributed by atoms with Gasteiger partial charge in [0, 0.05) is 24.2 Å². The lowest BCUT2D eigenvalue weighted by molar-refractivity contribution is 0.0474.